The highest BCUT2D eigenvalue weighted by Crippen LogP contribution is 2.43. The molecule has 0 saturated carbocycles. The maximum absolute atomic E-state index is 12.4. The quantitative estimate of drug-likeness (QED) is 0.497. The predicted molar refractivity (Wildman–Crippen MR) is 128 cm³/mol. The summed E-state index contributed by atoms with van der Waals surface area (Å²) in [5.74, 6) is -0.134. The molecule has 0 bridgehead atoms. The SMILES string of the molecule is CCC(F)(F)F.Cc1cccc2c1CSc1ccccc1C2N1CNC(=O)c2c(O)c(=O)ccn21. The van der Waals surface area contributed by atoms with Crippen LogP contribution < -0.4 is 15.8 Å². The number of aromatic nitrogens is 1. The number of rotatable bonds is 1. The summed E-state index contributed by atoms with van der Waals surface area (Å²) in [6.45, 7) is 3.45. The first kappa shape index (κ1) is 24.7. The fourth-order valence-corrected chi connectivity index (χ4v) is 5.34. The first-order valence-electron chi connectivity index (χ1n) is 11.0. The molecule has 2 N–H and O–H groups in total. The fraction of sp³-hybridized carbons (Fsp3) is 0.280. The largest absolute Gasteiger partial charge is 0.502 e. The number of hydrogen-bond donors (Lipinski definition) is 2. The molecule has 0 radical (unpaired) electrons. The summed E-state index contributed by atoms with van der Waals surface area (Å²) in [6, 6.07) is 15.6. The van der Waals surface area contributed by atoms with Crippen molar-refractivity contribution in [2.24, 2.45) is 0 Å². The Morgan fingerprint density at radius 2 is 1.77 bits per heavy atom. The van der Waals surface area contributed by atoms with E-state index in [2.05, 4.69) is 36.5 Å². The van der Waals surface area contributed by atoms with Gasteiger partial charge in [0.05, 0.1) is 6.04 Å². The van der Waals surface area contributed by atoms with E-state index in [1.165, 1.54) is 22.1 Å². The molecule has 1 amide bonds. The summed E-state index contributed by atoms with van der Waals surface area (Å²) in [5, 5.41) is 15.1. The molecule has 5 rings (SSSR count). The molecule has 2 aliphatic rings. The molecular formula is C25H24F3N3O3S. The number of aryl methyl sites for hydroxylation is 1. The van der Waals surface area contributed by atoms with Gasteiger partial charge in [-0.3, -0.25) is 19.3 Å². The van der Waals surface area contributed by atoms with Gasteiger partial charge in [-0.05, 0) is 35.2 Å². The van der Waals surface area contributed by atoms with Crippen LogP contribution in [0.25, 0.3) is 0 Å². The normalized spacial score (nSPS) is 16.7. The van der Waals surface area contributed by atoms with Gasteiger partial charge in [0.1, 0.15) is 6.67 Å². The zero-order valence-corrected chi connectivity index (χ0v) is 19.9. The van der Waals surface area contributed by atoms with Crippen LogP contribution in [0.5, 0.6) is 5.75 Å². The van der Waals surface area contributed by atoms with Crippen molar-refractivity contribution < 1.29 is 23.1 Å². The van der Waals surface area contributed by atoms with E-state index in [1.54, 1.807) is 22.6 Å². The number of fused-ring (bicyclic) bond motifs is 3. The van der Waals surface area contributed by atoms with Gasteiger partial charge >= 0.3 is 6.18 Å². The summed E-state index contributed by atoms with van der Waals surface area (Å²) >= 11 is 1.80. The second-order valence-corrected chi connectivity index (χ2v) is 9.18. The summed E-state index contributed by atoms with van der Waals surface area (Å²) in [5.41, 5.74) is 4.16. The van der Waals surface area contributed by atoms with Crippen LogP contribution >= 0.6 is 11.8 Å². The number of carbonyl (C=O) groups is 1. The van der Waals surface area contributed by atoms with Gasteiger partial charge in [-0.1, -0.05) is 43.3 Å². The van der Waals surface area contributed by atoms with Crippen LogP contribution in [-0.4, -0.2) is 28.5 Å². The van der Waals surface area contributed by atoms with Crippen molar-refractivity contribution in [3.05, 3.63) is 92.9 Å². The Bertz CT molecular complexity index is 1320. The predicted octanol–water partition coefficient (Wildman–Crippen LogP) is 4.86. The number of thioether (sulfide) groups is 1. The maximum atomic E-state index is 12.4. The summed E-state index contributed by atoms with van der Waals surface area (Å²) in [4.78, 5) is 25.6. The number of aromatic hydroxyl groups is 1. The van der Waals surface area contributed by atoms with E-state index in [0.717, 1.165) is 23.8 Å². The molecule has 10 heteroatoms. The topological polar surface area (TPSA) is 74.6 Å². The van der Waals surface area contributed by atoms with Crippen molar-refractivity contribution in [2.75, 3.05) is 11.7 Å². The summed E-state index contributed by atoms with van der Waals surface area (Å²) < 4.78 is 34.0. The third-order valence-electron chi connectivity index (χ3n) is 5.97. The summed E-state index contributed by atoms with van der Waals surface area (Å²) in [7, 11) is 0. The minimum atomic E-state index is -3.96. The van der Waals surface area contributed by atoms with Gasteiger partial charge in [0, 0.05) is 29.3 Å². The molecule has 1 aromatic heterocycles. The van der Waals surface area contributed by atoms with Crippen LogP contribution in [-0.2, 0) is 5.75 Å². The minimum absolute atomic E-state index is 0.0349. The highest BCUT2D eigenvalue weighted by Gasteiger charge is 2.35. The zero-order chi connectivity index (χ0) is 25.3. The Labute approximate surface area is 204 Å². The van der Waals surface area contributed by atoms with E-state index in [9.17, 15) is 27.9 Å². The van der Waals surface area contributed by atoms with Crippen molar-refractivity contribution in [3.63, 3.8) is 0 Å². The lowest BCUT2D eigenvalue weighted by Crippen LogP contribution is -2.53. The number of pyridine rings is 1. The van der Waals surface area contributed by atoms with E-state index >= 15 is 0 Å². The zero-order valence-electron chi connectivity index (χ0n) is 19.1. The smallest absolute Gasteiger partial charge is 0.388 e. The molecule has 3 aromatic rings. The molecule has 184 valence electrons. The third kappa shape index (κ3) is 4.88. The Morgan fingerprint density at radius 1 is 1.09 bits per heavy atom. The molecule has 0 spiro atoms. The van der Waals surface area contributed by atoms with Crippen LogP contribution in [0.1, 0.15) is 52.1 Å². The van der Waals surface area contributed by atoms with Crippen molar-refractivity contribution in [1.29, 1.82) is 0 Å². The van der Waals surface area contributed by atoms with Gasteiger partial charge < -0.3 is 10.4 Å². The molecule has 0 fully saturated rings. The number of alkyl halides is 3. The molecule has 1 atom stereocenters. The lowest BCUT2D eigenvalue weighted by atomic mass is 9.92. The van der Waals surface area contributed by atoms with Crippen molar-refractivity contribution in [3.8, 4) is 5.75 Å². The number of hydrogen-bond acceptors (Lipinski definition) is 5. The number of amides is 1. The molecule has 2 aromatic carbocycles. The van der Waals surface area contributed by atoms with E-state index in [0.29, 0.717) is 0 Å². The Morgan fingerprint density at radius 3 is 2.49 bits per heavy atom. The highest BCUT2D eigenvalue weighted by molar-refractivity contribution is 7.98. The van der Waals surface area contributed by atoms with E-state index in [1.807, 2.05) is 23.2 Å². The van der Waals surface area contributed by atoms with E-state index < -0.39 is 29.7 Å². The molecule has 0 saturated heterocycles. The lowest BCUT2D eigenvalue weighted by molar-refractivity contribution is -0.130. The fourth-order valence-electron chi connectivity index (χ4n) is 4.13. The molecule has 1 unspecified atom stereocenters. The number of halogens is 3. The van der Waals surface area contributed by atoms with Gasteiger partial charge in [0.25, 0.3) is 5.91 Å². The van der Waals surface area contributed by atoms with Gasteiger partial charge in [0.15, 0.2) is 11.4 Å². The van der Waals surface area contributed by atoms with Gasteiger partial charge in [0.2, 0.25) is 5.43 Å². The average Bonchev–Trinajstić information content (AvgIpc) is 2.99. The number of nitrogens with zero attached hydrogens (tertiary/aromatic N) is 2. The second kappa shape index (κ2) is 9.69. The Kier molecular flexibility index (Phi) is 6.84. The molecular weight excluding hydrogens is 479 g/mol. The first-order chi connectivity index (χ1) is 16.6. The lowest BCUT2D eigenvalue weighted by Gasteiger charge is -2.40. The maximum Gasteiger partial charge on any atom is 0.388 e. The third-order valence-corrected chi connectivity index (χ3v) is 7.09. The van der Waals surface area contributed by atoms with Crippen LogP contribution in [0.2, 0.25) is 0 Å². The molecule has 2 aliphatic heterocycles. The van der Waals surface area contributed by atoms with Crippen LogP contribution in [0.4, 0.5) is 13.2 Å². The van der Waals surface area contributed by atoms with Crippen LogP contribution in [0, 0.1) is 6.92 Å². The monoisotopic (exact) mass is 503 g/mol. The minimum Gasteiger partial charge on any atom is -0.502 e. The number of benzene rings is 2. The van der Waals surface area contributed by atoms with Gasteiger partial charge in [-0.15, -0.1) is 11.8 Å². The molecule has 0 aliphatic carbocycles. The molecule has 3 heterocycles. The first-order valence-corrected chi connectivity index (χ1v) is 12.0. The summed E-state index contributed by atoms with van der Waals surface area (Å²) in [6.07, 6.45) is -3.13. The van der Waals surface area contributed by atoms with Gasteiger partial charge in [-0.25, -0.2) is 0 Å². The van der Waals surface area contributed by atoms with Crippen molar-refractivity contribution in [1.82, 2.24) is 9.99 Å². The number of carbonyl (C=O) groups excluding carboxylic acids is 1. The Hall–Kier alpha value is -3.40. The average molecular weight is 504 g/mol. The van der Waals surface area contributed by atoms with Gasteiger partial charge in [-0.2, -0.15) is 13.2 Å². The molecule has 6 nitrogen and oxygen atoms in total. The second-order valence-electron chi connectivity index (χ2n) is 8.17. The highest BCUT2D eigenvalue weighted by atomic mass is 32.2. The van der Waals surface area contributed by atoms with E-state index in [4.69, 9.17) is 0 Å². The standard InChI is InChI=1S/C22H19N3O3S.C3H5F3/c1-13-5-4-7-14-16(13)11-29-18-8-3-2-6-15(18)19(14)25-12-23-22(28)20-21(27)17(26)9-10-24(20)25;1-2-3(4,5)6/h2-10,19,27H,11-12H2,1H3,(H,23,28);2H2,1H3. The van der Waals surface area contributed by atoms with Crippen LogP contribution in [0.15, 0.2) is 64.4 Å². The van der Waals surface area contributed by atoms with Crippen molar-refractivity contribution >= 4 is 17.7 Å². The molecule has 35 heavy (non-hydrogen) atoms. The van der Waals surface area contributed by atoms with Crippen LogP contribution in [0.3, 0.4) is 0 Å². The number of nitrogens with one attached hydrogen (secondary N) is 1. The Balaban J connectivity index is 0.000000431. The van der Waals surface area contributed by atoms with E-state index in [-0.39, 0.29) is 18.4 Å². The van der Waals surface area contributed by atoms with Crippen molar-refractivity contribution in [2.45, 2.75) is 43.1 Å².